The summed E-state index contributed by atoms with van der Waals surface area (Å²) in [6.45, 7) is 3.20. The number of carboxylic acids is 3. The molecule has 12 rings (SSSR count). The summed E-state index contributed by atoms with van der Waals surface area (Å²) in [5.74, 6) is 1.19. The topological polar surface area (TPSA) is 187 Å². The van der Waals surface area contributed by atoms with Crippen molar-refractivity contribution in [1.29, 1.82) is 0 Å². The van der Waals surface area contributed by atoms with E-state index in [-0.39, 0.29) is 0 Å². The second-order valence-electron chi connectivity index (χ2n) is 20.5. The molecule has 0 amide bonds. The average molecular weight is 1220 g/mol. The quantitative estimate of drug-likeness (QED) is 0.0544. The average Bonchev–Trinajstić information content (AvgIpc) is 3.51. The molecule has 0 fully saturated rings. The lowest BCUT2D eigenvalue weighted by molar-refractivity contribution is -0.138. The van der Waals surface area contributed by atoms with Crippen molar-refractivity contribution in [2.45, 2.75) is 60.6 Å². The van der Waals surface area contributed by atoms with Crippen LogP contribution >= 0.6 is 23.5 Å². The number of hydrogen-bond acceptors (Lipinski definition) is 12. The summed E-state index contributed by atoms with van der Waals surface area (Å²) >= 11 is 3.33. The molecule has 3 aromatic heterocycles. The first kappa shape index (κ1) is 61.6. The van der Waals surface area contributed by atoms with Gasteiger partial charge < -0.3 is 34.3 Å². The predicted molar refractivity (Wildman–Crippen MR) is 350 cm³/mol. The lowest BCUT2D eigenvalue weighted by atomic mass is 9.99. The van der Waals surface area contributed by atoms with Crippen molar-refractivity contribution < 1.29 is 48.7 Å². The van der Waals surface area contributed by atoms with Crippen molar-refractivity contribution in [3.63, 3.8) is 0 Å². The van der Waals surface area contributed by atoms with Crippen LogP contribution in [0.25, 0.3) is 32.7 Å². The molecule has 0 bridgehead atoms. The number of nitrogens with zero attached hydrogens (tertiary/aromatic N) is 3. The zero-order chi connectivity index (χ0) is 61.7. The molecule has 0 aliphatic heterocycles. The van der Waals surface area contributed by atoms with E-state index >= 15 is 0 Å². The van der Waals surface area contributed by atoms with Gasteiger partial charge in [-0.3, -0.25) is 4.79 Å². The molecule has 0 radical (unpaired) electrons. The molecule has 0 spiro atoms. The maximum atomic E-state index is 11.2. The van der Waals surface area contributed by atoms with Crippen LogP contribution in [0, 0.1) is 0 Å². The molecule has 15 heteroatoms. The van der Waals surface area contributed by atoms with E-state index in [4.69, 9.17) is 29.2 Å². The third kappa shape index (κ3) is 18.3. The van der Waals surface area contributed by atoms with Crippen LogP contribution in [0.5, 0.6) is 23.0 Å². The fraction of sp³-hybridized carbons (Fsp3) is 0.108. The molecule has 1 atom stereocenters. The molecule has 0 saturated heterocycles. The maximum Gasteiger partial charge on any atom is 0.335 e. The number of ether oxygens (including phenoxy) is 4. The fourth-order valence-corrected chi connectivity index (χ4v) is 10.9. The van der Waals surface area contributed by atoms with Crippen molar-refractivity contribution in [3.8, 4) is 23.0 Å². The molecule has 0 aliphatic carbocycles. The van der Waals surface area contributed by atoms with Crippen LogP contribution in [0.1, 0.15) is 72.9 Å². The number of aromatic carboxylic acids is 2. The number of hydrogen-bond donors (Lipinski definition) is 3. The van der Waals surface area contributed by atoms with E-state index < -0.39 is 23.8 Å². The Balaban J connectivity index is 0.000000147. The number of fused-ring (bicyclic) bond motifs is 3. The zero-order valence-corrected chi connectivity index (χ0v) is 50.1. The molecule has 444 valence electrons. The van der Waals surface area contributed by atoms with Gasteiger partial charge in [0.15, 0.2) is 0 Å². The minimum Gasteiger partial charge on any atom is -0.489 e. The Kier molecular flexibility index (Phi) is 21.3. The Morgan fingerprint density at radius 1 is 0.371 bits per heavy atom. The minimum absolute atomic E-state index is 0.302. The second-order valence-corrected chi connectivity index (χ2v) is 22.6. The molecule has 13 nitrogen and oxygen atoms in total. The Labute approximate surface area is 523 Å². The van der Waals surface area contributed by atoms with E-state index in [9.17, 15) is 19.5 Å². The number of carbonyl (C=O) groups is 3. The number of thioether (sulfide) groups is 2. The van der Waals surface area contributed by atoms with Crippen molar-refractivity contribution in [2.24, 2.45) is 0 Å². The van der Waals surface area contributed by atoms with Gasteiger partial charge in [0.2, 0.25) is 0 Å². The van der Waals surface area contributed by atoms with Gasteiger partial charge in [-0.2, -0.15) is 0 Å². The number of pyridine rings is 3. The first-order valence-electron chi connectivity index (χ1n) is 28.5. The van der Waals surface area contributed by atoms with Crippen LogP contribution in [0.3, 0.4) is 0 Å². The summed E-state index contributed by atoms with van der Waals surface area (Å²) in [6.07, 6.45) is 0. The van der Waals surface area contributed by atoms with Crippen LogP contribution in [0.4, 0.5) is 0 Å². The number of carboxylic acid groups (broad SMARTS) is 3. The maximum absolute atomic E-state index is 11.2. The smallest absolute Gasteiger partial charge is 0.335 e. The van der Waals surface area contributed by atoms with Gasteiger partial charge in [-0.15, -0.1) is 23.5 Å². The summed E-state index contributed by atoms with van der Waals surface area (Å²) in [5.41, 5.74) is 9.83. The first-order valence-corrected chi connectivity index (χ1v) is 30.5. The number of rotatable bonds is 22. The van der Waals surface area contributed by atoms with Crippen LogP contribution in [0.2, 0.25) is 0 Å². The molecule has 0 aliphatic rings. The summed E-state index contributed by atoms with van der Waals surface area (Å²) in [4.78, 5) is 49.3. The van der Waals surface area contributed by atoms with E-state index in [0.717, 1.165) is 99.1 Å². The molecule has 0 saturated carbocycles. The minimum atomic E-state index is -0.908. The van der Waals surface area contributed by atoms with Gasteiger partial charge in [-0.1, -0.05) is 140 Å². The molecule has 3 heterocycles. The van der Waals surface area contributed by atoms with E-state index in [1.807, 2.05) is 212 Å². The highest BCUT2D eigenvalue weighted by atomic mass is 32.2. The van der Waals surface area contributed by atoms with Crippen molar-refractivity contribution in [3.05, 3.63) is 305 Å². The monoisotopic (exact) mass is 1220 g/mol. The summed E-state index contributed by atoms with van der Waals surface area (Å²) < 4.78 is 23.7. The lowest BCUT2D eigenvalue weighted by Crippen LogP contribution is -2.08. The Hall–Kier alpha value is -10.5. The summed E-state index contributed by atoms with van der Waals surface area (Å²) in [6, 6.07) is 80.9. The first-order chi connectivity index (χ1) is 43.4. The van der Waals surface area contributed by atoms with Crippen molar-refractivity contribution >= 4 is 74.1 Å². The molecular weight excluding hydrogens is 1150 g/mol. The highest BCUT2D eigenvalue weighted by Crippen LogP contribution is 2.30. The molecule has 3 N–H and O–H groups in total. The van der Waals surface area contributed by atoms with Crippen LogP contribution in [-0.4, -0.2) is 48.2 Å². The number of aromatic nitrogens is 3. The van der Waals surface area contributed by atoms with Gasteiger partial charge in [-0.25, -0.2) is 24.5 Å². The van der Waals surface area contributed by atoms with E-state index in [1.54, 1.807) is 60.8 Å². The van der Waals surface area contributed by atoms with E-state index in [0.29, 0.717) is 54.8 Å². The predicted octanol–water partition coefficient (Wildman–Crippen LogP) is 17.2. The molecule has 89 heavy (non-hydrogen) atoms. The zero-order valence-electron chi connectivity index (χ0n) is 48.4. The highest BCUT2D eigenvalue weighted by molar-refractivity contribution is 7.98. The normalized spacial score (nSPS) is 11.1. The third-order valence-corrected chi connectivity index (χ3v) is 16.1. The summed E-state index contributed by atoms with van der Waals surface area (Å²) in [5, 5.41) is 30.6. The summed E-state index contributed by atoms with van der Waals surface area (Å²) in [7, 11) is 0. The van der Waals surface area contributed by atoms with Crippen molar-refractivity contribution in [1.82, 2.24) is 15.0 Å². The molecule has 9 aromatic carbocycles. The Morgan fingerprint density at radius 3 is 1.27 bits per heavy atom. The molecular formula is C74H61N3O10S2. The SMILES string of the molecule is CC(C(=O)O)c1cccc(COc2cccc(OCc3ccc4ccccc4n3)c2)c1.O=C(O)c1ccc(CSc2cccc(OCc3ccc4ccccc4n3)c2)cc1.O=C(O)c1cccc(CSc2cccc(OCc3ccc4ccccc4n3)c2)c1. The second kappa shape index (κ2) is 30.7. The standard InChI is InChI=1S/C26H23NO4.2C24H19NO3S/c1-18(26(28)29)21-8-4-6-19(14-21)16-30-23-9-5-10-24(15-23)31-17-22-13-12-20-7-2-3-11-25(20)27-22;26-24(27)19-7-3-5-17(13-19)16-29-22-9-4-8-21(14-22)28-15-20-12-11-18-6-1-2-10-23(18)25-20;26-24(27)19-10-8-17(9-11-19)16-29-22-6-3-5-21(14-22)28-15-20-13-12-18-4-1-2-7-23(18)25-20/h2-15,18H,16-17H2,1H3,(H,28,29);2*1-14H,15-16H2,(H,26,27). The Morgan fingerprint density at radius 2 is 0.787 bits per heavy atom. The van der Waals surface area contributed by atoms with Gasteiger partial charge in [0.05, 0.1) is 50.7 Å². The molecule has 12 aromatic rings. The number of para-hydroxylation sites is 3. The lowest BCUT2D eigenvalue weighted by Gasteiger charge is -2.11. The molecule has 1 unspecified atom stereocenters. The van der Waals surface area contributed by atoms with Gasteiger partial charge in [0.25, 0.3) is 0 Å². The highest BCUT2D eigenvalue weighted by Gasteiger charge is 2.14. The fourth-order valence-electron chi connectivity index (χ4n) is 9.13. The largest absolute Gasteiger partial charge is 0.489 e. The van der Waals surface area contributed by atoms with Crippen LogP contribution < -0.4 is 18.9 Å². The van der Waals surface area contributed by atoms with Crippen molar-refractivity contribution in [2.75, 3.05) is 0 Å². The number of benzene rings is 9. The van der Waals surface area contributed by atoms with Gasteiger partial charge in [0, 0.05) is 43.5 Å². The van der Waals surface area contributed by atoms with Gasteiger partial charge in [0.1, 0.15) is 49.4 Å². The van der Waals surface area contributed by atoms with Gasteiger partial charge >= 0.3 is 17.9 Å². The van der Waals surface area contributed by atoms with Gasteiger partial charge in [-0.05, 0) is 138 Å². The van der Waals surface area contributed by atoms with E-state index in [2.05, 4.69) is 27.1 Å². The van der Waals surface area contributed by atoms with E-state index in [1.165, 1.54) is 0 Å². The number of aliphatic carboxylic acids is 1. The van der Waals surface area contributed by atoms with Crippen LogP contribution in [-0.2, 0) is 42.7 Å². The Bertz CT molecular complexity index is 4390. The third-order valence-electron chi connectivity index (χ3n) is 14.0. The van der Waals surface area contributed by atoms with Crippen LogP contribution in [0.15, 0.2) is 265 Å².